The fraction of sp³-hybridized carbons (Fsp3) is 0.241. The third-order valence-electron chi connectivity index (χ3n) is 7.12. The highest BCUT2D eigenvalue weighted by Crippen LogP contribution is 2.41. The Labute approximate surface area is 245 Å². The van der Waals surface area contributed by atoms with Crippen LogP contribution in [0.15, 0.2) is 60.7 Å². The number of rotatable bonds is 8. The maximum Gasteiger partial charge on any atom is 0.326 e. The van der Waals surface area contributed by atoms with E-state index in [9.17, 15) is 24.3 Å². The molecule has 3 N–H and O–H groups in total. The Morgan fingerprint density at radius 1 is 1.02 bits per heavy atom. The van der Waals surface area contributed by atoms with E-state index >= 15 is 0 Å². The molecule has 0 saturated carbocycles. The second-order valence-electron chi connectivity index (χ2n) is 9.72. The number of carboxylic acids is 1. The van der Waals surface area contributed by atoms with Gasteiger partial charge in [-0.2, -0.15) is 0 Å². The van der Waals surface area contributed by atoms with E-state index in [4.69, 9.17) is 32.7 Å². The summed E-state index contributed by atoms with van der Waals surface area (Å²) in [6.07, 6.45) is -0.0749. The highest BCUT2D eigenvalue weighted by Gasteiger charge is 2.44. The summed E-state index contributed by atoms with van der Waals surface area (Å²) in [4.78, 5) is 52.1. The largest absolute Gasteiger partial charge is 0.480 e. The number of likely N-dealkylation sites (tertiary alicyclic amines) is 1. The van der Waals surface area contributed by atoms with E-state index in [1.54, 1.807) is 67.7 Å². The predicted molar refractivity (Wildman–Crippen MR) is 150 cm³/mol. The van der Waals surface area contributed by atoms with Crippen LogP contribution in [0.4, 0.5) is 5.69 Å². The number of nitrogens with zero attached hydrogens (tertiary/aromatic N) is 1. The van der Waals surface area contributed by atoms with Gasteiger partial charge in [-0.05, 0) is 47.5 Å². The molecule has 0 aromatic heterocycles. The van der Waals surface area contributed by atoms with Crippen molar-refractivity contribution >= 4 is 52.6 Å². The number of aliphatic carboxylic acids is 1. The number of hydrogen-bond donors (Lipinski definition) is 3. The molecule has 3 amide bonds. The SMILES string of the molecule is CN1C(=O)CC(C(=O)N[C@@H](Cc2ccc(NC(=O)c3c(Cl)cccc3Cl)cc2)C(=O)O)C1c1ccc2c(c1)OCO2. The summed E-state index contributed by atoms with van der Waals surface area (Å²) in [5.41, 5.74) is 1.89. The minimum atomic E-state index is -1.25. The first-order valence-electron chi connectivity index (χ1n) is 12.6. The van der Waals surface area contributed by atoms with E-state index in [-0.39, 0.29) is 41.2 Å². The third kappa shape index (κ3) is 5.94. The molecule has 212 valence electrons. The van der Waals surface area contributed by atoms with Gasteiger partial charge in [0.1, 0.15) is 6.04 Å². The van der Waals surface area contributed by atoms with Crippen molar-refractivity contribution in [3.8, 4) is 11.5 Å². The number of benzene rings is 3. The molecule has 2 aliphatic heterocycles. The van der Waals surface area contributed by atoms with Crippen molar-refractivity contribution in [2.24, 2.45) is 5.92 Å². The Morgan fingerprint density at radius 2 is 1.71 bits per heavy atom. The predicted octanol–water partition coefficient (Wildman–Crippen LogP) is 4.31. The molecule has 3 aromatic rings. The number of hydrogen-bond acceptors (Lipinski definition) is 6. The second kappa shape index (κ2) is 11.7. The Kier molecular flexibility index (Phi) is 8.05. The molecule has 0 bridgehead atoms. The van der Waals surface area contributed by atoms with Gasteiger partial charge in [0.25, 0.3) is 5.91 Å². The first kappa shape index (κ1) is 28.3. The van der Waals surface area contributed by atoms with Crippen LogP contribution in [-0.4, -0.2) is 53.6 Å². The van der Waals surface area contributed by atoms with Gasteiger partial charge < -0.3 is 30.1 Å². The molecule has 5 rings (SSSR count). The van der Waals surface area contributed by atoms with Gasteiger partial charge >= 0.3 is 5.97 Å². The molecule has 3 aromatic carbocycles. The lowest BCUT2D eigenvalue weighted by molar-refractivity contribution is -0.142. The summed E-state index contributed by atoms with van der Waals surface area (Å²) in [6.45, 7) is 0.0888. The molecule has 0 radical (unpaired) electrons. The van der Waals surface area contributed by atoms with Crippen molar-refractivity contribution in [2.75, 3.05) is 19.2 Å². The molecule has 10 nitrogen and oxygen atoms in total. The van der Waals surface area contributed by atoms with Gasteiger partial charge in [0.15, 0.2) is 11.5 Å². The topological polar surface area (TPSA) is 134 Å². The number of nitrogens with one attached hydrogen (secondary N) is 2. The normalized spacial score (nSPS) is 18.2. The van der Waals surface area contributed by atoms with Crippen molar-refractivity contribution in [3.63, 3.8) is 0 Å². The molecule has 0 aliphatic carbocycles. The van der Waals surface area contributed by atoms with E-state index in [2.05, 4.69) is 10.6 Å². The summed E-state index contributed by atoms with van der Waals surface area (Å²) in [6, 6.07) is 14.6. The van der Waals surface area contributed by atoms with Gasteiger partial charge in [-0.15, -0.1) is 0 Å². The average molecular weight is 598 g/mol. The molecule has 1 saturated heterocycles. The number of halogens is 2. The summed E-state index contributed by atoms with van der Waals surface area (Å²) >= 11 is 12.2. The van der Waals surface area contributed by atoms with Crippen molar-refractivity contribution in [1.82, 2.24) is 10.2 Å². The number of fused-ring (bicyclic) bond motifs is 1. The van der Waals surface area contributed by atoms with Gasteiger partial charge in [-0.25, -0.2) is 4.79 Å². The molecule has 1 fully saturated rings. The summed E-state index contributed by atoms with van der Waals surface area (Å²) < 4.78 is 10.8. The van der Waals surface area contributed by atoms with E-state index in [1.165, 1.54) is 4.90 Å². The molecular weight excluding hydrogens is 573 g/mol. The minimum Gasteiger partial charge on any atom is -0.480 e. The first-order chi connectivity index (χ1) is 19.6. The summed E-state index contributed by atoms with van der Waals surface area (Å²) in [5.74, 6) is -2.19. The van der Waals surface area contributed by atoms with Crippen LogP contribution >= 0.6 is 23.2 Å². The second-order valence-corrected chi connectivity index (χ2v) is 10.5. The summed E-state index contributed by atoms with van der Waals surface area (Å²) in [5, 5.41) is 15.6. The molecule has 41 heavy (non-hydrogen) atoms. The van der Waals surface area contributed by atoms with Crippen LogP contribution in [0, 0.1) is 5.92 Å². The monoisotopic (exact) mass is 597 g/mol. The number of anilines is 1. The minimum absolute atomic E-state index is 0.0170. The van der Waals surface area contributed by atoms with Crippen LogP contribution in [0.2, 0.25) is 10.0 Å². The first-order valence-corrected chi connectivity index (χ1v) is 13.4. The van der Waals surface area contributed by atoms with E-state index in [1.807, 2.05) is 0 Å². The lowest BCUT2D eigenvalue weighted by Gasteiger charge is -2.26. The number of carbonyl (C=O) groups excluding carboxylic acids is 3. The molecular formula is C29H25Cl2N3O7. The number of carboxylic acid groups (broad SMARTS) is 1. The van der Waals surface area contributed by atoms with Gasteiger partial charge in [0, 0.05) is 25.6 Å². The zero-order chi connectivity index (χ0) is 29.3. The number of carbonyl (C=O) groups is 4. The molecule has 3 atom stereocenters. The molecule has 2 heterocycles. The number of amides is 3. The van der Waals surface area contributed by atoms with Crippen molar-refractivity contribution < 1.29 is 33.8 Å². The lowest BCUT2D eigenvalue weighted by atomic mass is 9.92. The molecule has 2 aliphatic rings. The maximum absolute atomic E-state index is 13.3. The van der Waals surface area contributed by atoms with Crippen molar-refractivity contribution in [2.45, 2.75) is 24.9 Å². The van der Waals surface area contributed by atoms with Crippen LogP contribution in [0.3, 0.4) is 0 Å². The fourth-order valence-electron chi connectivity index (χ4n) is 5.00. The van der Waals surface area contributed by atoms with Crippen LogP contribution in [0.5, 0.6) is 11.5 Å². The lowest BCUT2D eigenvalue weighted by Crippen LogP contribution is -2.45. The average Bonchev–Trinajstić information content (AvgIpc) is 3.52. The summed E-state index contributed by atoms with van der Waals surface area (Å²) in [7, 11) is 1.61. The Bertz CT molecular complexity index is 1510. The van der Waals surface area contributed by atoms with Gasteiger partial charge in [-0.1, -0.05) is 47.5 Å². The Morgan fingerprint density at radius 3 is 2.39 bits per heavy atom. The fourth-order valence-corrected chi connectivity index (χ4v) is 5.57. The number of ether oxygens (including phenoxy) is 2. The van der Waals surface area contributed by atoms with Gasteiger partial charge in [0.2, 0.25) is 18.6 Å². The highest BCUT2D eigenvalue weighted by atomic mass is 35.5. The maximum atomic E-state index is 13.3. The van der Waals surface area contributed by atoms with Gasteiger partial charge in [-0.3, -0.25) is 14.4 Å². The van der Waals surface area contributed by atoms with E-state index < -0.39 is 35.8 Å². The van der Waals surface area contributed by atoms with Crippen LogP contribution in [0.1, 0.15) is 33.9 Å². The third-order valence-corrected chi connectivity index (χ3v) is 7.75. The molecule has 2 unspecified atom stereocenters. The standard InChI is InChI=1S/C29H25Cl2N3O7/c1-34-24(35)13-18(26(34)16-7-10-22-23(12-16)41-14-40-22)27(36)33-21(29(38)39)11-15-5-8-17(9-6-15)32-28(37)25-19(30)3-2-4-20(25)31/h2-10,12,18,21,26H,11,13-14H2,1H3,(H,32,37)(H,33,36)(H,38,39)/t18?,21-,26?/m0/s1. The van der Waals surface area contributed by atoms with Gasteiger partial charge in [0.05, 0.1) is 27.6 Å². The smallest absolute Gasteiger partial charge is 0.326 e. The van der Waals surface area contributed by atoms with Crippen LogP contribution in [-0.2, 0) is 20.8 Å². The zero-order valence-corrected chi connectivity index (χ0v) is 23.2. The molecule has 12 heteroatoms. The van der Waals surface area contributed by atoms with Crippen molar-refractivity contribution in [1.29, 1.82) is 0 Å². The highest BCUT2D eigenvalue weighted by molar-refractivity contribution is 6.40. The van der Waals surface area contributed by atoms with E-state index in [0.717, 1.165) is 0 Å². The van der Waals surface area contributed by atoms with Crippen LogP contribution in [0.25, 0.3) is 0 Å². The quantitative estimate of drug-likeness (QED) is 0.352. The molecule has 0 spiro atoms. The zero-order valence-electron chi connectivity index (χ0n) is 21.7. The Hall–Kier alpha value is -4.28. The van der Waals surface area contributed by atoms with E-state index in [0.29, 0.717) is 28.3 Å². The van der Waals surface area contributed by atoms with Crippen molar-refractivity contribution in [3.05, 3.63) is 87.4 Å². The Balaban J connectivity index is 1.26. The van der Waals surface area contributed by atoms with Crippen LogP contribution < -0.4 is 20.1 Å².